The Bertz CT molecular complexity index is 1130. The highest BCUT2D eigenvalue weighted by molar-refractivity contribution is 5.95. The Morgan fingerprint density at radius 3 is 2.91 bits per heavy atom. The summed E-state index contributed by atoms with van der Waals surface area (Å²) < 4.78 is 15.3. The molecule has 0 unspecified atom stereocenters. The van der Waals surface area contributed by atoms with Crippen molar-refractivity contribution in [3.8, 4) is 0 Å². The number of amides is 3. The summed E-state index contributed by atoms with van der Waals surface area (Å²) in [7, 11) is 1.70. The molecule has 4 rings (SSSR count). The number of benzene rings is 1. The van der Waals surface area contributed by atoms with Crippen LogP contribution < -0.4 is 5.32 Å². The second-order valence-electron chi connectivity index (χ2n) is 8.25. The number of aromatic nitrogens is 2. The Morgan fingerprint density at radius 1 is 1.39 bits per heavy atom. The Morgan fingerprint density at radius 2 is 2.18 bits per heavy atom. The van der Waals surface area contributed by atoms with Crippen LogP contribution in [-0.2, 0) is 19.5 Å². The van der Waals surface area contributed by atoms with Gasteiger partial charge in [-0.15, -0.1) is 0 Å². The molecule has 0 radical (unpaired) electrons. The smallest absolute Gasteiger partial charge is 0.322 e. The summed E-state index contributed by atoms with van der Waals surface area (Å²) >= 11 is 0. The SMILES string of the molecule is [C-]#[N+]c1cc(NC(=O)N2Cc3c(nn4c3C(=O)N(C)N(CCCO)CC4)C[C@H]2C)ccc1F. The summed E-state index contributed by atoms with van der Waals surface area (Å²) in [4.78, 5) is 31.1. The van der Waals surface area contributed by atoms with Gasteiger partial charge >= 0.3 is 6.03 Å². The molecular weight excluding hydrogens is 429 g/mol. The molecule has 174 valence electrons. The van der Waals surface area contributed by atoms with Crippen LogP contribution in [0.5, 0.6) is 0 Å². The number of carbonyl (C=O) groups is 2. The van der Waals surface area contributed by atoms with Crippen molar-refractivity contribution in [1.29, 1.82) is 0 Å². The van der Waals surface area contributed by atoms with Gasteiger partial charge in [0.15, 0.2) is 0 Å². The number of carbonyl (C=O) groups excluding carboxylic acids is 2. The van der Waals surface area contributed by atoms with Gasteiger partial charge in [-0.3, -0.25) is 14.5 Å². The van der Waals surface area contributed by atoms with Gasteiger partial charge in [0.05, 0.1) is 25.4 Å². The lowest BCUT2D eigenvalue weighted by Gasteiger charge is -2.34. The molecule has 33 heavy (non-hydrogen) atoms. The standard InChI is InChI=1S/C22H26FN7O3/c1-14-11-18-16(13-29(14)22(33)25-15-5-6-17(23)19(12-15)24-2)20-21(32)27(3)28(7-4-10-31)8-9-30(20)26-18/h5-6,12,14,31H,4,7-11,13H2,1,3H3,(H,25,33)/t14-/m1/s1. The van der Waals surface area contributed by atoms with Crippen molar-refractivity contribution in [3.63, 3.8) is 0 Å². The van der Waals surface area contributed by atoms with Crippen LogP contribution in [-0.4, -0.2) is 74.5 Å². The Labute approximate surface area is 191 Å². The number of anilines is 1. The topological polar surface area (TPSA) is 98.3 Å². The van der Waals surface area contributed by atoms with Crippen LogP contribution in [0.3, 0.4) is 0 Å². The third-order valence-electron chi connectivity index (χ3n) is 6.13. The predicted molar refractivity (Wildman–Crippen MR) is 118 cm³/mol. The van der Waals surface area contributed by atoms with Gasteiger partial charge < -0.3 is 15.3 Å². The van der Waals surface area contributed by atoms with Gasteiger partial charge in [-0.05, 0) is 31.5 Å². The van der Waals surface area contributed by atoms with Crippen LogP contribution >= 0.6 is 0 Å². The first-order valence-corrected chi connectivity index (χ1v) is 10.8. The summed E-state index contributed by atoms with van der Waals surface area (Å²) in [5.41, 5.74) is 2.17. The molecule has 3 heterocycles. The molecule has 1 atom stereocenters. The molecule has 2 N–H and O–H groups in total. The first kappa shape index (κ1) is 22.7. The molecule has 2 aromatic rings. The number of nitrogens with zero attached hydrogens (tertiary/aromatic N) is 6. The highest BCUT2D eigenvalue weighted by atomic mass is 19.1. The lowest BCUT2D eigenvalue weighted by Crippen LogP contribution is -2.46. The van der Waals surface area contributed by atoms with E-state index in [1.165, 1.54) is 12.1 Å². The fourth-order valence-corrected chi connectivity index (χ4v) is 4.30. The van der Waals surface area contributed by atoms with Crippen LogP contribution in [0.1, 0.15) is 35.1 Å². The van der Waals surface area contributed by atoms with E-state index >= 15 is 0 Å². The predicted octanol–water partition coefficient (Wildman–Crippen LogP) is 2.24. The van der Waals surface area contributed by atoms with Crippen molar-refractivity contribution in [2.75, 3.05) is 32.1 Å². The third-order valence-corrected chi connectivity index (χ3v) is 6.13. The molecule has 10 nitrogen and oxygen atoms in total. The fourth-order valence-electron chi connectivity index (χ4n) is 4.30. The Kier molecular flexibility index (Phi) is 6.31. The summed E-state index contributed by atoms with van der Waals surface area (Å²) in [6.07, 6.45) is 1.06. The Balaban J connectivity index is 1.57. The summed E-state index contributed by atoms with van der Waals surface area (Å²) in [5, 5.41) is 20.0. The second-order valence-corrected chi connectivity index (χ2v) is 8.25. The van der Waals surface area contributed by atoms with Crippen molar-refractivity contribution < 1.29 is 19.1 Å². The summed E-state index contributed by atoms with van der Waals surface area (Å²) in [6, 6.07) is 3.30. The van der Waals surface area contributed by atoms with E-state index in [-0.39, 0.29) is 30.8 Å². The third kappa shape index (κ3) is 4.27. The van der Waals surface area contributed by atoms with Gasteiger partial charge in [-0.25, -0.2) is 19.0 Å². The first-order chi connectivity index (χ1) is 15.8. The maximum absolute atomic E-state index is 13.6. The van der Waals surface area contributed by atoms with Crippen LogP contribution in [0.2, 0.25) is 0 Å². The highest BCUT2D eigenvalue weighted by Gasteiger charge is 2.37. The van der Waals surface area contributed by atoms with E-state index < -0.39 is 11.8 Å². The van der Waals surface area contributed by atoms with Crippen molar-refractivity contribution in [3.05, 3.63) is 52.4 Å². The van der Waals surface area contributed by atoms with Crippen LogP contribution in [0.25, 0.3) is 4.85 Å². The normalized spacial score (nSPS) is 18.4. The number of rotatable bonds is 4. The van der Waals surface area contributed by atoms with E-state index in [0.29, 0.717) is 43.9 Å². The van der Waals surface area contributed by atoms with Crippen molar-refractivity contribution in [1.82, 2.24) is 24.7 Å². The zero-order valence-electron chi connectivity index (χ0n) is 18.6. The molecule has 0 fully saturated rings. The lowest BCUT2D eigenvalue weighted by atomic mass is 9.99. The average molecular weight is 455 g/mol. The van der Waals surface area contributed by atoms with Crippen LogP contribution in [0.4, 0.5) is 20.6 Å². The summed E-state index contributed by atoms with van der Waals surface area (Å²) in [6.45, 7) is 10.9. The molecule has 2 aliphatic rings. The molecule has 0 saturated heterocycles. The van der Waals surface area contributed by atoms with E-state index in [0.717, 1.165) is 17.3 Å². The van der Waals surface area contributed by atoms with E-state index in [1.54, 1.807) is 21.6 Å². The Hall–Kier alpha value is -3.49. The van der Waals surface area contributed by atoms with E-state index in [9.17, 15) is 14.0 Å². The molecule has 1 aromatic heterocycles. The molecule has 1 aromatic carbocycles. The minimum Gasteiger partial charge on any atom is -0.396 e. The number of hydrazine groups is 1. The minimum atomic E-state index is -0.641. The zero-order valence-corrected chi connectivity index (χ0v) is 18.6. The van der Waals surface area contributed by atoms with Gasteiger partial charge in [-0.2, -0.15) is 5.10 Å². The quantitative estimate of drug-likeness (QED) is 0.689. The van der Waals surface area contributed by atoms with Crippen molar-refractivity contribution >= 4 is 23.3 Å². The number of urea groups is 1. The number of nitrogens with one attached hydrogen (secondary N) is 1. The van der Waals surface area contributed by atoms with Gasteiger partial charge in [0.2, 0.25) is 5.69 Å². The average Bonchev–Trinajstić information content (AvgIpc) is 3.10. The van der Waals surface area contributed by atoms with Crippen molar-refractivity contribution in [2.24, 2.45) is 0 Å². The largest absolute Gasteiger partial charge is 0.396 e. The molecule has 3 amide bonds. The van der Waals surface area contributed by atoms with Crippen molar-refractivity contribution in [2.45, 2.75) is 38.9 Å². The second kappa shape index (κ2) is 9.17. The van der Waals surface area contributed by atoms with Crippen LogP contribution in [0.15, 0.2) is 18.2 Å². The molecule has 0 bridgehead atoms. The maximum atomic E-state index is 13.6. The fraction of sp³-hybridized carbons (Fsp3) is 0.455. The highest BCUT2D eigenvalue weighted by Crippen LogP contribution is 2.29. The zero-order chi connectivity index (χ0) is 23.7. The monoisotopic (exact) mass is 455 g/mol. The first-order valence-electron chi connectivity index (χ1n) is 10.8. The van der Waals surface area contributed by atoms with Gasteiger partial charge in [0.25, 0.3) is 5.91 Å². The molecule has 11 heteroatoms. The number of halogens is 1. The number of aliphatic hydroxyl groups excluding tert-OH is 1. The molecule has 0 spiro atoms. The molecule has 0 aliphatic carbocycles. The van der Waals surface area contributed by atoms with Gasteiger partial charge in [0.1, 0.15) is 11.5 Å². The van der Waals surface area contributed by atoms with Crippen LogP contribution in [0, 0.1) is 12.4 Å². The van der Waals surface area contributed by atoms with Gasteiger partial charge in [-0.1, -0.05) is 0 Å². The lowest BCUT2D eigenvalue weighted by molar-refractivity contribution is 0.00516. The minimum absolute atomic E-state index is 0.0475. The van der Waals surface area contributed by atoms with E-state index in [1.807, 2.05) is 11.9 Å². The molecular formula is C22H26FN7O3. The van der Waals surface area contributed by atoms with Gasteiger partial charge in [0, 0.05) is 50.5 Å². The molecule has 2 aliphatic heterocycles. The number of fused-ring (bicyclic) bond motifs is 3. The number of aliphatic hydroxyl groups is 1. The number of hydrogen-bond acceptors (Lipinski definition) is 5. The summed E-state index contributed by atoms with van der Waals surface area (Å²) in [5.74, 6) is -0.841. The maximum Gasteiger partial charge on any atom is 0.322 e. The number of hydrogen-bond donors (Lipinski definition) is 2. The van der Waals surface area contributed by atoms with E-state index in [4.69, 9.17) is 11.7 Å². The van der Waals surface area contributed by atoms with E-state index in [2.05, 4.69) is 15.3 Å². The molecule has 0 saturated carbocycles.